The van der Waals surface area contributed by atoms with Gasteiger partial charge in [0.25, 0.3) is 0 Å². The number of rotatable bonds is 12. The number of halogens is 3. The zero-order valence-electron chi connectivity index (χ0n) is 26.5. The van der Waals surface area contributed by atoms with Gasteiger partial charge in [0.2, 0.25) is 0 Å². The third-order valence-electron chi connectivity index (χ3n) is 8.96. The molecule has 4 aromatic rings. The molecule has 248 valence electrons. The monoisotopic (exact) mass is 645 g/mol. The van der Waals surface area contributed by atoms with Crippen LogP contribution in [0.4, 0.5) is 18.9 Å². The van der Waals surface area contributed by atoms with Crippen molar-refractivity contribution in [3.05, 3.63) is 132 Å². The maximum absolute atomic E-state index is 13.4. The van der Waals surface area contributed by atoms with E-state index >= 15 is 0 Å². The third kappa shape index (κ3) is 9.41. The molecule has 0 spiro atoms. The van der Waals surface area contributed by atoms with Crippen molar-refractivity contribution in [2.45, 2.75) is 57.2 Å². The van der Waals surface area contributed by atoms with Crippen molar-refractivity contribution in [1.29, 1.82) is 0 Å². The van der Waals surface area contributed by atoms with Crippen LogP contribution in [0.3, 0.4) is 0 Å². The minimum atomic E-state index is -4.42. The number of aromatic nitrogens is 1. The van der Waals surface area contributed by atoms with E-state index in [4.69, 9.17) is 14.2 Å². The number of nitrogens with zero attached hydrogens (tertiary/aromatic N) is 3. The number of hydrogen-bond acceptors (Lipinski definition) is 6. The van der Waals surface area contributed by atoms with Crippen LogP contribution in [0.5, 0.6) is 0 Å². The average Bonchev–Trinajstić information content (AvgIpc) is 3.10. The molecule has 47 heavy (non-hydrogen) atoms. The zero-order valence-corrected chi connectivity index (χ0v) is 26.5. The molecule has 0 amide bonds. The van der Waals surface area contributed by atoms with E-state index in [1.54, 1.807) is 0 Å². The first-order valence-corrected chi connectivity index (χ1v) is 16.4. The highest BCUT2D eigenvalue weighted by Gasteiger charge is 2.40. The van der Waals surface area contributed by atoms with Crippen LogP contribution < -0.4 is 4.90 Å². The smallest absolute Gasteiger partial charge is 0.370 e. The first-order valence-electron chi connectivity index (χ1n) is 16.4. The Hall–Kier alpha value is -3.76. The number of hydrogen-bond donors (Lipinski definition) is 0. The molecule has 0 saturated carbocycles. The number of pyridine rings is 1. The second kappa shape index (κ2) is 15.9. The fourth-order valence-corrected chi connectivity index (χ4v) is 6.58. The van der Waals surface area contributed by atoms with Gasteiger partial charge in [-0.25, -0.2) is 0 Å². The number of ether oxygens (including phenoxy) is 3. The van der Waals surface area contributed by atoms with Crippen molar-refractivity contribution in [2.24, 2.45) is 5.92 Å². The maximum Gasteiger partial charge on any atom is 0.417 e. The van der Waals surface area contributed by atoms with Crippen LogP contribution in [0, 0.1) is 5.92 Å². The van der Waals surface area contributed by atoms with Gasteiger partial charge >= 0.3 is 6.18 Å². The standard InChI is InChI=1S/C38H42F3N3O3/c39-38(40,41)33-19-34(21-42-20-33)44-18-10-17-32(23-44)22-43-24-35(45-26-29-11-4-1-5-12-29)37(47-28-31-15-8-3-9-16-31)36(25-43)46-27-30-13-6-2-7-14-30/h1-9,11-16,19-21,32,35-37H,10,17-18,22-28H2/t32-,35-,36+,37?/m0/s1. The lowest BCUT2D eigenvalue weighted by molar-refractivity contribution is -0.185. The van der Waals surface area contributed by atoms with E-state index in [2.05, 4.69) is 46.3 Å². The number of piperidine rings is 2. The lowest BCUT2D eigenvalue weighted by atomic mass is 9.94. The quantitative estimate of drug-likeness (QED) is 0.160. The number of likely N-dealkylation sites (tertiary alicyclic amines) is 1. The van der Waals surface area contributed by atoms with E-state index in [0.29, 0.717) is 51.7 Å². The summed E-state index contributed by atoms with van der Waals surface area (Å²) in [7, 11) is 0. The van der Waals surface area contributed by atoms with Gasteiger partial charge in [0.05, 0.1) is 49.5 Å². The Morgan fingerprint density at radius 2 is 1.21 bits per heavy atom. The summed E-state index contributed by atoms with van der Waals surface area (Å²) in [5, 5.41) is 0. The average molecular weight is 646 g/mol. The Bertz CT molecular complexity index is 1460. The molecule has 2 fully saturated rings. The molecule has 6 rings (SSSR count). The summed E-state index contributed by atoms with van der Waals surface area (Å²) in [6, 6.07) is 31.6. The largest absolute Gasteiger partial charge is 0.417 e. The second-order valence-corrected chi connectivity index (χ2v) is 12.5. The Morgan fingerprint density at radius 3 is 1.74 bits per heavy atom. The van der Waals surface area contributed by atoms with Crippen LogP contribution in [0.2, 0.25) is 0 Å². The molecule has 0 N–H and O–H groups in total. The van der Waals surface area contributed by atoms with E-state index in [-0.39, 0.29) is 24.2 Å². The molecule has 6 nitrogen and oxygen atoms in total. The SMILES string of the molecule is FC(F)(F)c1cncc(N2CCC[C@@H](CN3C[C@H](OCc4ccccc4)C(OCc4ccccc4)[C@H](OCc4ccccc4)C3)C2)c1. The minimum Gasteiger partial charge on any atom is -0.370 e. The Kier molecular flexibility index (Phi) is 11.2. The van der Waals surface area contributed by atoms with Crippen molar-refractivity contribution in [1.82, 2.24) is 9.88 Å². The Balaban J connectivity index is 1.19. The van der Waals surface area contributed by atoms with Gasteiger partial charge in [-0.05, 0) is 41.5 Å². The molecule has 9 heteroatoms. The summed E-state index contributed by atoms with van der Waals surface area (Å²) < 4.78 is 60.2. The lowest BCUT2D eigenvalue weighted by Gasteiger charge is -2.45. The first kappa shape index (κ1) is 33.2. The Morgan fingerprint density at radius 1 is 0.681 bits per heavy atom. The number of anilines is 1. The molecule has 3 heterocycles. The van der Waals surface area contributed by atoms with Crippen LogP contribution in [0.15, 0.2) is 109 Å². The van der Waals surface area contributed by atoms with Crippen LogP contribution in [0.1, 0.15) is 35.1 Å². The summed E-state index contributed by atoms with van der Waals surface area (Å²) in [4.78, 5) is 8.34. The molecule has 2 aliphatic heterocycles. The molecule has 1 aromatic heterocycles. The molecule has 2 saturated heterocycles. The van der Waals surface area contributed by atoms with Crippen molar-refractivity contribution < 1.29 is 27.4 Å². The molecule has 0 aliphatic carbocycles. The normalized spacial score (nSPS) is 22.3. The second-order valence-electron chi connectivity index (χ2n) is 12.5. The van der Waals surface area contributed by atoms with E-state index < -0.39 is 11.7 Å². The predicted octanol–water partition coefficient (Wildman–Crippen LogP) is 7.39. The van der Waals surface area contributed by atoms with Gasteiger partial charge in [-0.2, -0.15) is 13.2 Å². The molecular weight excluding hydrogens is 603 g/mol. The molecule has 0 bridgehead atoms. The topological polar surface area (TPSA) is 47.1 Å². The van der Waals surface area contributed by atoms with E-state index in [0.717, 1.165) is 42.3 Å². The van der Waals surface area contributed by atoms with Crippen molar-refractivity contribution in [3.8, 4) is 0 Å². The predicted molar refractivity (Wildman–Crippen MR) is 176 cm³/mol. The van der Waals surface area contributed by atoms with Gasteiger partial charge in [-0.1, -0.05) is 91.0 Å². The van der Waals surface area contributed by atoms with Gasteiger partial charge in [0, 0.05) is 38.9 Å². The zero-order chi connectivity index (χ0) is 32.5. The highest BCUT2D eigenvalue weighted by atomic mass is 19.4. The molecule has 1 unspecified atom stereocenters. The van der Waals surface area contributed by atoms with Gasteiger partial charge < -0.3 is 19.1 Å². The fourth-order valence-electron chi connectivity index (χ4n) is 6.58. The number of benzene rings is 3. The summed E-state index contributed by atoms with van der Waals surface area (Å²) in [6.45, 7) is 4.85. The van der Waals surface area contributed by atoms with Gasteiger partial charge in [0.15, 0.2) is 0 Å². The van der Waals surface area contributed by atoms with Crippen LogP contribution in [0.25, 0.3) is 0 Å². The van der Waals surface area contributed by atoms with E-state index in [9.17, 15) is 13.2 Å². The van der Waals surface area contributed by atoms with Crippen LogP contribution >= 0.6 is 0 Å². The highest BCUT2D eigenvalue weighted by molar-refractivity contribution is 5.47. The highest BCUT2D eigenvalue weighted by Crippen LogP contribution is 2.33. The molecule has 0 radical (unpaired) electrons. The maximum atomic E-state index is 13.4. The van der Waals surface area contributed by atoms with E-state index in [1.807, 2.05) is 59.5 Å². The Labute approximate surface area is 275 Å². The van der Waals surface area contributed by atoms with Crippen molar-refractivity contribution in [2.75, 3.05) is 37.6 Å². The number of alkyl halides is 3. The van der Waals surface area contributed by atoms with Crippen molar-refractivity contribution >= 4 is 5.69 Å². The van der Waals surface area contributed by atoms with Gasteiger partial charge in [-0.3, -0.25) is 9.88 Å². The fraction of sp³-hybridized carbons (Fsp3) is 0.395. The van der Waals surface area contributed by atoms with Gasteiger partial charge in [-0.15, -0.1) is 0 Å². The summed E-state index contributed by atoms with van der Waals surface area (Å²) in [5.74, 6) is 0.268. The lowest BCUT2D eigenvalue weighted by Crippen LogP contribution is -2.59. The molecule has 2 aliphatic rings. The summed E-state index contributed by atoms with van der Waals surface area (Å²) in [6.07, 6.45) is -0.889. The summed E-state index contributed by atoms with van der Waals surface area (Å²) >= 11 is 0. The van der Waals surface area contributed by atoms with Crippen molar-refractivity contribution in [3.63, 3.8) is 0 Å². The van der Waals surface area contributed by atoms with Crippen LogP contribution in [-0.4, -0.2) is 60.9 Å². The minimum absolute atomic E-state index is 0.249. The first-order chi connectivity index (χ1) is 22.9. The molecule has 3 aromatic carbocycles. The third-order valence-corrected chi connectivity index (χ3v) is 8.96. The molecule has 4 atom stereocenters. The van der Waals surface area contributed by atoms with E-state index in [1.165, 1.54) is 12.3 Å². The van der Waals surface area contributed by atoms with Gasteiger partial charge in [0.1, 0.15) is 6.10 Å². The summed E-state index contributed by atoms with van der Waals surface area (Å²) in [5.41, 5.74) is 3.07. The van der Waals surface area contributed by atoms with Crippen LogP contribution in [-0.2, 0) is 40.2 Å². The molecular formula is C38H42F3N3O3.